The van der Waals surface area contributed by atoms with Crippen molar-refractivity contribution in [2.24, 2.45) is 5.92 Å². The minimum Gasteiger partial charge on any atom is -0.396 e. The molecule has 2 amide bonds. The number of rotatable bonds is 3. The zero-order valence-corrected chi connectivity index (χ0v) is 13.6. The topological polar surface area (TPSA) is 52.6 Å². The molecule has 1 aromatic heterocycles. The molecule has 2 heterocycles. The van der Waals surface area contributed by atoms with E-state index in [9.17, 15) is 9.90 Å². The summed E-state index contributed by atoms with van der Waals surface area (Å²) in [6, 6.07) is 8.23. The van der Waals surface area contributed by atoms with Gasteiger partial charge >= 0.3 is 6.03 Å². The van der Waals surface area contributed by atoms with Crippen molar-refractivity contribution in [3.05, 3.63) is 35.2 Å². The SMILES string of the molecule is C[C@H](NC(=O)N1CCC[C@H](CO)C1)c1csc2ccccc12. The number of urea groups is 1. The number of thiophene rings is 1. The number of benzene rings is 1. The Morgan fingerprint density at radius 1 is 1.50 bits per heavy atom. The van der Waals surface area contributed by atoms with E-state index in [0.29, 0.717) is 6.54 Å². The third kappa shape index (κ3) is 3.10. The second-order valence-corrected chi connectivity index (χ2v) is 6.91. The number of nitrogens with one attached hydrogen (secondary N) is 1. The largest absolute Gasteiger partial charge is 0.396 e. The predicted molar refractivity (Wildman–Crippen MR) is 90.2 cm³/mol. The van der Waals surface area contributed by atoms with Crippen LogP contribution in [0.5, 0.6) is 0 Å². The van der Waals surface area contributed by atoms with Crippen molar-refractivity contribution in [2.45, 2.75) is 25.8 Å². The van der Waals surface area contributed by atoms with Gasteiger partial charge in [-0.3, -0.25) is 0 Å². The second-order valence-electron chi connectivity index (χ2n) is 6.00. The number of hydrogen-bond donors (Lipinski definition) is 2. The Labute approximate surface area is 134 Å². The Morgan fingerprint density at radius 3 is 3.14 bits per heavy atom. The fourth-order valence-corrected chi connectivity index (χ4v) is 4.14. The number of nitrogens with zero attached hydrogens (tertiary/aromatic N) is 1. The number of likely N-dealkylation sites (tertiary alicyclic amines) is 1. The van der Waals surface area contributed by atoms with Crippen LogP contribution in [-0.4, -0.2) is 35.7 Å². The molecule has 0 aliphatic carbocycles. The second kappa shape index (κ2) is 6.67. The van der Waals surface area contributed by atoms with Crippen LogP contribution in [0.2, 0.25) is 0 Å². The lowest BCUT2D eigenvalue weighted by atomic mass is 9.99. The molecule has 0 unspecified atom stereocenters. The highest BCUT2D eigenvalue weighted by Crippen LogP contribution is 2.30. The van der Waals surface area contributed by atoms with Gasteiger partial charge in [-0.25, -0.2) is 4.79 Å². The molecule has 2 N–H and O–H groups in total. The van der Waals surface area contributed by atoms with Crippen molar-refractivity contribution in [3.63, 3.8) is 0 Å². The predicted octanol–water partition coefficient (Wildman–Crippen LogP) is 3.38. The summed E-state index contributed by atoms with van der Waals surface area (Å²) in [6.07, 6.45) is 1.97. The number of fused-ring (bicyclic) bond motifs is 1. The Hall–Kier alpha value is -1.59. The number of aliphatic hydroxyl groups excluding tert-OH is 1. The Morgan fingerprint density at radius 2 is 2.32 bits per heavy atom. The fourth-order valence-electron chi connectivity index (χ4n) is 3.09. The summed E-state index contributed by atoms with van der Waals surface area (Å²) < 4.78 is 1.25. The first-order chi connectivity index (χ1) is 10.7. The maximum atomic E-state index is 12.4. The van der Waals surface area contributed by atoms with Crippen molar-refractivity contribution < 1.29 is 9.90 Å². The lowest BCUT2D eigenvalue weighted by molar-refractivity contribution is 0.128. The summed E-state index contributed by atoms with van der Waals surface area (Å²) >= 11 is 1.71. The zero-order valence-electron chi connectivity index (χ0n) is 12.8. The quantitative estimate of drug-likeness (QED) is 0.911. The van der Waals surface area contributed by atoms with Crippen LogP contribution in [0.15, 0.2) is 29.6 Å². The lowest BCUT2D eigenvalue weighted by Crippen LogP contribution is -2.46. The third-order valence-corrected chi connectivity index (χ3v) is 5.36. The number of carbonyl (C=O) groups excluding carboxylic acids is 1. The highest BCUT2D eigenvalue weighted by molar-refractivity contribution is 7.17. The average Bonchev–Trinajstić information content (AvgIpc) is 2.99. The zero-order chi connectivity index (χ0) is 15.5. The van der Waals surface area contributed by atoms with E-state index < -0.39 is 0 Å². The summed E-state index contributed by atoms with van der Waals surface area (Å²) in [4.78, 5) is 14.3. The number of piperidine rings is 1. The maximum Gasteiger partial charge on any atom is 0.317 e. The molecular formula is C17H22N2O2S. The summed E-state index contributed by atoms with van der Waals surface area (Å²) in [5, 5.41) is 15.7. The van der Waals surface area contributed by atoms with Gasteiger partial charge in [0, 0.05) is 24.4 Å². The van der Waals surface area contributed by atoms with Crippen LogP contribution in [0.3, 0.4) is 0 Å². The van der Waals surface area contributed by atoms with Crippen LogP contribution >= 0.6 is 11.3 Å². The molecule has 5 heteroatoms. The van der Waals surface area contributed by atoms with Gasteiger partial charge in [-0.2, -0.15) is 0 Å². The molecule has 118 valence electrons. The van der Waals surface area contributed by atoms with Crippen molar-refractivity contribution in [3.8, 4) is 0 Å². The van der Waals surface area contributed by atoms with E-state index in [1.54, 1.807) is 11.3 Å². The smallest absolute Gasteiger partial charge is 0.317 e. The van der Waals surface area contributed by atoms with Gasteiger partial charge in [-0.05, 0) is 48.1 Å². The van der Waals surface area contributed by atoms with Gasteiger partial charge in [0.2, 0.25) is 0 Å². The summed E-state index contributed by atoms with van der Waals surface area (Å²) in [6.45, 7) is 3.62. The summed E-state index contributed by atoms with van der Waals surface area (Å²) in [5.74, 6) is 0.219. The van der Waals surface area contributed by atoms with E-state index in [2.05, 4.69) is 22.8 Å². The van der Waals surface area contributed by atoms with Gasteiger partial charge < -0.3 is 15.3 Å². The normalized spacial score (nSPS) is 20.1. The molecule has 0 saturated carbocycles. The standard InChI is InChI=1S/C17H22N2O2S/c1-12(15-11-22-16-7-3-2-6-14(15)16)18-17(21)19-8-4-5-13(9-19)10-20/h2-3,6-7,11-13,20H,4-5,8-10H2,1H3,(H,18,21)/t12-,13-/m0/s1. The van der Waals surface area contributed by atoms with Crippen LogP contribution in [0.25, 0.3) is 10.1 Å². The summed E-state index contributed by atoms with van der Waals surface area (Å²) in [5.41, 5.74) is 1.17. The Bertz CT molecular complexity index is 655. The van der Waals surface area contributed by atoms with Gasteiger partial charge in [0.1, 0.15) is 0 Å². The van der Waals surface area contributed by atoms with Gasteiger partial charge in [-0.15, -0.1) is 11.3 Å². The molecule has 1 aromatic carbocycles. The fraction of sp³-hybridized carbons (Fsp3) is 0.471. The molecule has 1 aliphatic heterocycles. The monoisotopic (exact) mass is 318 g/mol. The first-order valence-corrected chi connectivity index (χ1v) is 8.69. The molecule has 3 rings (SSSR count). The Balaban J connectivity index is 1.68. The maximum absolute atomic E-state index is 12.4. The molecule has 0 bridgehead atoms. The summed E-state index contributed by atoms with van der Waals surface area (Å²) in [7, 11) is 0. The van der Waals surface area contributed by atoms with Crippen molar-refractivity contribution in [1.82, 2.24) is 10.2 Å². The minimum absolute atomic E-state index is 0.0156. The minimum atomic E-state index is -0.0269. The molecule has 0 spiro atoms. The average molecular weight is 318 g/mol. The molecule has 1 saturated heterocycles. The van der Waals surface area contributed by atoms with Gasteiger partial charge in [-0.1, -0.05) is 18.2 Å². The Kier molecular flexibility index (Phi) is 4.64. The number of aliphatic hydroxyl groups is 1. The van der Waals surface area contributed by atoms with E-state index in [0.717, 1.165) is 19.4 Å². The van der Waals surface area contributed by atoms with Crippen LogP contribution < -0.4 is 5.32 Å². The molecule has 2 atom stereocenters. The van der Waals surface area contributed by atoms with Crippen molar-refractivity contribution in [2.75, 3.05) is 19.7 Å². The molecule has 0 radical (unpaired) electrons. The van der Waals surface area contributed by atoms with E-state index in [1.807, 2.05) is 24.0 Å². The van der Waals surface area contributed by atoms with E-state index in [-0.39, 0.29) is 24.6 Å². The molecule has 1 aliphatic rings. The van der Waals surface area contributed by atoms with Crippen LogP contribution in [-0.2, 0) is 0 Å². The van der Waals surface area contributed by atoms with E-state index in [1.165, 1.54) is 15.6 Å². The van der Waals surface area contributed by atoms with E-state index in [4.69, 9.17) is 0 Å². The van der Waals surface area contributed by atoms with Crippen LogP contribution in [0.1, 0.15) is 31.4 Å². The lowest BCUT2D eigenvalue weighted by Gasteiger charge is -2.32. The third-order valence-electron chi connectivity index (χ3n) is 4.38. The van der Waals surface area contributed by atoms with E-state index >= 15 is 0 Å². The van der Waals surface area contributed by atoms with Gasteiger partial charge in [0.25, 0.3) is 0 Å². The highest BCUT2D eigenvalue weighted by Gasteiger charge is 2.24. The molecule has 4 nitrogen and oxygen atoms in total. The first-order valence-electron chi connectivity index (χ1n) is 7.81. The van der Waals surface area contributed by atoms with Crippen molar-refractivity contribution >= 4 is 27.5 Å². The first kappa shape index (κ1) is 15.3. The molecule has 2 aromatic rings. The number of carbonyl (C=O) groups is 1. The number of amides is 2. The van der Waals surface area contributed by atoms with Gasteiger partial charge in [0.15, 0.2) is 0 Å². The van der Waals surface area contributed by atoms with Crippen molar-refractivity contribution in [1.29, 1.82) is 0 Å². The molecule has 1 fully saturated rings. The van der Waals surface area contributed by atoms with Gasteiger partial charge in [0.05, 0.1) is 6.04 Å². The highest BCUT2D eigenvalue weighted by atomic mass is 32.1. The molecular weight excluding hydrogens is 296 g/mol. The van der Waals surface area contributed by atoms with Crippen LogP contribution in [0.4, 0.5) is 4.79 Å². The van der Waals surface area contributed by atoms with Crippen LogP contribution in [0, 0.1) is 5.92 Å². The number of hydrogen-bond acceptors (Lipinski definition) is 3. The molecule has 22 heavy (non-hydrogen) atoms.